The van der Waals surface area contributed by atoms with E-state index in [-0.39, 0.29) is 16.4 Å². The number of aromatic nitrogens is 1. The first-order valence-electron chi connectivity index (χ1n) is 8.03. The van der Waals surface area contributed by atoms with Gasteiger partial charge in [-0.3, -0.25) is 9.62 Å². The van der Waals surface area contributed by atoms with E-state index in [2.05, 4.69) is 14.4 Å². The molecule has 2 aromatic heterocycles. The summed E-state index contributed by atoms with van der Waals surface area (Å²) >= 11 is 1.30. The predicted octanol–water partition coefficient (Wildman–Crippen LogP) is 3.84. The summed E-state index contributed by atoms with van der Waals surface area (Å²) in [6, 6.07) is 2.79. The van der Waals surface area contributed by atoms with Crippen LogP contribution in [0.5, 0.6) is 0 Å². The Labute approximate surface area is 163 Å². The molecule has 0 aromatic carbocycles. The zero-order valence-corrected chi connectivity index (χ0v) is 16.6. The van der Waals surface area contributed by atoms with Crippen molar-refractivity contribution in [2.75, 3.05) is 9.62 Å². The van der Waals surface area contributed by atoms with Crippen molar-refractivity contribution in [1.29, 1.82) is 0 Å². The maximum atomic E-state index is 13.1. The Morgan fingerprint density at radius 3 is 2.54 bits per heavy atom. The van der Waals surface area contributed by atoms with E-state index in [1.165, 1.54) is 35.7 Å². The van der Waals surface area contributed by atoms with Gasteiger partial charge in [-0.1, -0.05) is 0 Å². The van der Waals surface area contributed by atoms with Gasteiger partial charge in [0.1, 0.15) is 4.90 Å². The van der Waals surface area contributed by atoms with Crippen LogP contribution < -0.4 is 9.62 Å². The summed E-state index contributed by atoms with van der Waals surface area (Å²) in [5.41, 5.74) is -0.127. The number of nitrogens with one attached hydrogen (secondary N) is 1. The Balaban J connectivity index is 1.99. The highest BCUT2D eigenvalue weighted by atomic mass is 32.2. The van der Waals surface area contributed by atoms with Crippen LogP contribution in [0.4, 0.5) is 29.5 Å². The molecule has 0 spiro atoms. The van der Waals surface area contributed by atoms with Crippen molar-refractivity contribution in [1.82, 2.24) is 4.98 Å². The lowest BCUT2D eigenvalue weighted by Gasteiger charge is -2.23. The minimum atomic E-state index is -4.76. The maximum Gasteiger partial charge on any atom is 0.427 e. The van der Waals surface area contributed by atoms with E-state index < -0.39 is 34.4 Å². The number of pyridine rings is 1. The zero-order chi connectivity index (χ0) is 20.9. The van der Waals surface area contributed by atoms with Gasteiger partial charge in [0.25, 0.3) is 10.0 Å². The maximum absolute atomic E-state index is 13.1. The zero-order valence-electron chi connectivity index (χ0n) is 14.9. The van der Waals surface area contributed by atoms with Gasteiger partial charge in [0.05, 0.1) is 11.7 Å². The second kappa shape index (κ2) is 6.92. The average Bonchev–Trinajstić information content (AvgIpc) is 3.07. The van der Waals surface area contributed by atoms with Crippen LogP contribution in [0.25, 0.3) is 0 Å². The van der Waals surface area contributed by atoms with Gasteiger partial charge in [0.15, 0.2) is 5.82 Å². The first kappa shape index (κ1) is 20.4. The number of aryl methyl sites for hydroxylation is 2. The number of hydrogen-bond donors (Lipinski definition) is 1. The summed E-state index contributed by atoms with van der Waals surface area (Å²) in [4.78, 5) is 18.1. The van der Waals surface area contributed by atoms with E-state index in [1.807, 2.05) is 0 Å². The molecule has 1 N–H and O–H groups in total. The third-order valence-electron chi connectivity index (χ3n) is 4.14. The van der Waals surface area contributed by atoms with E-state index in [0.29, 0.717) is 9.78 Å². The summed E-state index contributed by atoms with van der Waals surface area (Å²) in [7, 11) is -4.03. The number of rotatable bonds is 4. The number of alkyl halides is 3. The molecule has 2 atom stereocenters. The predicted molar refractivity (Wildman–Crippen MR) is 97.1 cm³/mol. The molecular weight excluding hydrogens is 419 g/mol. The minimum absolute atomic E-state index is 0.0509. The lowest BCUT2D eigenvalue weighted by molar-refractivity contribution is -0.198. The van der Waals surface area contributed by atoms with Crippen LogP contribution >= 0.6 is 11.3 Å². The van der Waals surface area contributed by atoms with Gasteiger partial charge < -0.3 is 4.74 Å². The number of hydrogen-bond acceptors (Lipinski definition) is 6. The van der Waals surface area contributed by atoms with Crippen LogP contribution in [-0.2, 0) is 14.8 Å². The van der Waals surface area contributed by atoms with Gasteiger partial charge in [0.2, 0.25) is 6.10 Å². The second-order valence-corrected chi connectivity index (χ2v) is 9.33. The van der Waals surface area contributed by atoms with Crippen LogP contribution in [0.2, 0.25) is 0 Å². The molecule has 1 saturated heterocycles. The Hall–Kier alpha value is -2.34. The molecule has 152 valence electrons. The molecule has 1 amide bonds. The molecule has 12 heteroatoms. The van der Waals surface area contributed by atoms with Crippen LogP contribution in [-0.4, -0.2) is 37.8 Å². The molecule has 0 bridgehead atoms. The van der Waals surface area contributed by atoms with Gasteiger partial charge >= 0.3 is 12.3 Å². The number of carbonyl (C=O) groups is 1. The highest BCUT2D eigenvalue weighted by molar-refractivity contribution is 7.93. The average molecular weight is 435 g/mol. The number of halogens is 3. The molecule has 1 aliphatic heterocycles. The normalized spacial score (nSPS) is 20.4. The van der Waals surface area contributed by atoms with Crippen LogP contribution in [0, 0.1) is 13.8 Å². The highest BCUT2D eigenvalue weighted by Crippen LogP contribution is 2.38. The van der Waals surface area contributed by atoms with Crippen molar-refractivity contribution < 1.29 is 31.1 Å². The summed E-state index contributed by atoms with van der Waals surface area (Å²) in [6.45, 7) is 4.55. The first-order chi connectivity index (χ1) is 12.9. The molecule has 3 heterocycles. The Kier molecular flexibility index (Phi) is 5.04. The topological polar surface area (TPSA) is 88.6 Å². The van der Waals surface area contributed by atoms with E-state index in [1.54, 1.807) is 13.8 Å². The van der Waals surface area contributed by atoms with Crippen molar-refractivity contribution in [3.05, 3.63) is 34.2 Å². The fraction of sp³-hybridized carbons (Fsp3) is 0.375. The first-order valence-corrected chi connectivity index (χ1v) is 10.3. The van der Waals surface area contributed by atoms with Crippen molar-refractivity contribution in [3.8, 4) is 0 Å². The molecule has 0 aliphatic carbocycles. The SMILES string of the molecule is Cc1cc(S(=O)(=O)Nc2cccnc2N2C(=O)OC(C(F)(F)F)C2C)c(C)s1. The number of thiophene rings is 1. The Morgan fingerprint density at radius 1 is 1.32 bits per heavy atom. The number of nitrogens with zero attached hydrogens (tertiary/aromatic N) is 2. The Morgan fingerprint density at radius 2 is 2.00 bits per heavy atom. The van der Waals surface area contributed by atoms with Gasteiger partial charge in [-0.2, -0.15) is 13.2 Å². The largest absolute Gasteiger partial charge is 0.434 e. The van der Waals surface area contributed by atoms with Crippen molar-refractivity contribution in [2.45, 2.75) is 44.0 Å². The second-order valence-electron chi connectivity index (χ2n) is 6.21. The van der Waals surface area contributed by atoms with Crippen molar-refractivity contribution in [2.24, 2.45) is 0 Å². The number of amides is 1. The Bertz CT molecular complexity index is 1020. The number of ether oxygens (including phenoxy) is 1. The smallest absolute Gasteiger partial charge is 0.427 e. The molecule has 28 heavy (non-hydrogen) atoms. The third-order valence-corrected chi connectivity index (χ3v) is 6.72. The van der Waals surface area contributed by atoms with E-state index in [9.17, 15) is 26.4 Å². The fourth-order valence-corrected chi connectivity index (χ4v) is 5.54. The van der Waals surface area contributed by atoms with Crippen LogP contribution in [0.15, 0.2) is 29.3 Å². The molecule has 0 saturated carbocycles. The number of sulfonamides is 1. The summed E-state index contributed by atoms with van der Waals surface area (Å²) < 4.78 is 71.5. The number of carbonyl (C=O) groups excluding carboxylic acids is 1. The quantitative estimate of drug-likeness (QED) is 0.788. The third kappa shape index (κ3) is 3.65. The molecule has 7 nitrogen and oxygen atoms in total. The van der Waals surface area contributed by atoms with Gasteiger partial charge in [-0.25, -0.2) is 18.2 Å². The fourth-order valence-electron chi connectivity index (χ4n) is 2.93. The van der Waals surface area contributed by atoms with Gasteiger partial charge in [-0.05, 0) is 39.0 Å². The summed E-state index contributed by atoms with van der Waals surface area (Å²) in [5.74, 6) is -0.264. The standard InChI is InChI=1S/C16H16F3N3O4S2/c1-8-7-12(10(3)27-8)28(24,25)21-11-5-4-6-20-14(11)22-9(2)13(16(17,18)19)26-15(22)23/h4-7,9,13,21H,1-3H3. The highest BCUT2D eigenvalue weighted by Gasteiger charge is 2.55. The molecule has 1 aliphatic rings. The lowest BCUT2D eigenvalue weighted by atomic mass is 10.1. The molecule has 1 fully saturated rings. The molecular formula is C16H16F3N3O4S2. The number of anilines is 2. The van der Waals surface area contributed by atoms with Crippen LogP contribution in [0.3, 0.4) is 0 Å². The van der Waals surface area contributed by atoms with E-state index >= 15 is 0 Å². The molecule has 2 aromatic rings. The monoisotopic (exact) mass is 435 g/mol. The van der Waals surface area contributed by atoms with Crippen LogP contribution in [0.1, 0.15) is 16.7 Å². The van der Waals surface area contributed by atoms with E-state index in [4.69, 9.17) is 0 Å². The molecule has 0 radical (unpaired) electrons. The minimum Gasteiger partial charge on any atom is -0.434 e. The van der Waals surface area contributed by atoms with Crippen molar-refractivity contribution in [3.63, 3.8) is 0 Å². The summed E-state index contributed by atoms with van der Waals surface area (Å²) in [6.07, 6.45) is -7.11. The number of cyclic esters (lactones) is 1. The summed E-state index contributed by atoms with van der Waals surface area (Å²) in [5, 5.41) is 0. The molecule has 2 unspecified atom stereocenters. The lowest BCUT2D eigenvalue weighted by Crippen LogP contribution is -2.41. The molecule has 3 rings (SSSR count). The van der Waals surface area contributed by atoms with Gasteiger partial charge in [0, 0.05) is 16.0 Å². The van der Waals surface area contributed by atoms with E-state index in [0.717, 1.165) is 11.8 Å². The van der Waals surface area contributed by atoms with Crippen molar-refractivity contribution >= 4 is 39.0 Å². The van der Waals surface area contributed by atoms with Gasteiger partial charge in [-0.15, -0.1) is 11.3 Å².